The molecule has 1 atom stereocenters. The summed E-state index contributed by atoms with van der Waals surface area (Å²) in [6.07, 6.45) is 2.50. The maximum Gasteiger partial charge on any atom is 0.334 e. The molecule has 1 aromatic heterocycles. The lowest BCUT2D eigenvalue weighted by Crippen LogP contribution is -2.35. The summed E-state index contributed by atoms with van der Waals surface area (Å²) in [6.45, 7) is 3.95. The van der Waals surface area contributed by atoms with E-state index in [4.69, 9.17) is 23.2 Å². The zero-order chi connectivity index (χ0) is 21.1. The highest BCUT2D eigenvalue weighted by Crippen LogP contribution is 2.26. The van der Waals surface area contributed by atoms with Crippen molar-refractivity contribution >= 4 is 46.0 Å². The van der Waals surface area contributed by atoms with Gasteiger partial charge in [0.25, 0.3) is 0 Å². The highest BCUT2D eigenvalue weighted by atomic mass is 35.5. The molecule has 1 aliphatic heterocycles. The summed E-state index contributed by atoms with van der Waals surface area (Å²) in [7, 11) is 0. The minimum Gasteiger partial charge on any atom is -0.316 e. The highest BCUT2D eigenvalue weighted by Gasteiger charge is 2.16. The van der Waals surface area contributed by atoms with Crippen LogP contribution in [0.25, 0.3) is 11.0 Å². The van der Waals surface area contributed by atoms with Crippen LogP contribution < -0.4 is 21.6 Å². The Kier molecular flexibility index (Phi) is 6.43. The molecule has 158 valence electrons. The maximum atomic E-state index is 12.7. The molecule has 0 bridgehead atoms. The summed E-state index contributed by atoms with van der Waals surface area (Å²) in [5, 5.41) is 10.2. The molecule has 2 heterocycles. The van der Waals surface area contributed by atoms with Crippen molar-refractivity contribution in [2.45, 2.75) is 19.4 Å². The van der Waals surface area contributed by atoms with Crippen molar-refractivity contribution in [2.24, 2.45) is 5.92 Å². The SMILES string of the molecule is O=C(Nc1ccc(CNCC2CCCNC2)cc1)n1c(=O)[nH]c2cc(Cl)c(Cl)cc21. The normalized spacial score (nSPS) is 16.7. The number of rotatable bonds is 5. The predicted molar refractivity (Wildman–Crippen MR) is 121 cm³/mol. The molecule has 1 fully saturated rings. The average molecular weight is 448 g/mol. The number of hydrogen-bond acceptors (Lipinski definition) is 4. The maximum absolute atomic E-state index is 12.7. The topological polar surface area (TPSA) is 90.9 Å². The first-order valence-electron chi connectivity index (χ1n) is 9.93. The lowest BCUT2D eigenvalue weighted by molar-refractivity contribution is 0.253. The molecule has 0 radical (unpaired) electrons. The summed E-state index contributed by atoms with van der Waals surface area (Å²) >= 11 is 12.0. The Labute approximate surface area is 183 Å². The lowest BCUT2D eigenvalue weighted by Gasteiger charge is -2.23. The van der Waals surface area contributed by atoms with Gasteiger partial charge in [-0.2, -0.15) is 0 Å². The Balaban J connectivity index is 1.39. The summed E-state index contributed by atoms with van der Waals surface area (Å²) in [5.41, 5.74) is 1.98. The summed E-state index contributed by atoms with van der Waals surface area (Å²) in [5.74, 6) is 0.676. The number of halogens is 2. The number of amides is 1. The highest BCUT2D eigenvalue weighted by molar-refractivity contribution is 6.42. The monoisotopic (exact) mass is 447 g/mol. The quantitative estimate of drug-likeness (QED) is 0.478. The number of anilines is 1. The molecule has 1 amide bonds. The van der Waals surface area contributed by atoms with E-state index in [1.165, 1.54) is 25.0 Å². The molecule has 0 saturated carbocycles. The van der Waals surface area contributed by atoms with E-state index in [2.05, 4.69) is 20.9 Å². The van der Waals surface area contributed by atoms with Crippen LogP contribution in [0.3, 0.4) is 0 Å². The smallest absolute Gasteiger partial charge is 0.316 e. The van der Waals surface area contributed by atoms with Crippen molar-refractivity contribution in [3.63, 3.8) is 0 Å². The number of carbonyl (C=O) groups is 1. The van der Waals surface area contributed by atoms with E-state index < -0.39 is 11.7 Å². The van der Waals surface area contributed by atoms with Gasteiger partial charge in [0.15, 0.2) is 0 Å². The first-order valence-corrected chi connectivity index (χ1v) is 10.7. The first-order chi connectivity index (χ1) is 14.5. The standard InChI is InChI=1S/C21H23Cl2N5O2/c22-16-8-18-19(9-17(16)23)28(21(30)27-18)20(29)26-15-5-3-13(4-6-15)10-25-12-14-2-1-7-24-11-14/h3-6,8-9,14,24-25H,1-2,7,10-12H2,(H,26,29)(H,27,30). The van der Waals surface area contributed by atoms with Crippen molar-refractivity contribution in [3.8, 4) is 0 Å². The summed E-state index contributed by atoms with van der Waals surface area (Å²) in [4.78, 5) is 27.5. The van der Waals surface area contributed by atoms with Gasteiger partial charge in [-0.1, -0.05) is 35.3 Å². The number of carbonyl (C=O) groups excluding carboxylic acids is 1. The Morgan fingerprint density at radius 3 is 2.67 bits per heavy atom. The molecule has 1 aliphatic rings. The number of aromatic amines is 1. The predicted octanol–water partition coefficient (Wildman–Crippen LogP) is 3.81. The number of piperidine rings is 1. The van der Waals surface area contributed by atoms with E-state index in [-0.39, 0.29) is 5.02 Å². The Morgan fingerprint density at radius 2 is 1.93 bits per heavy atom. The zero-order valence-electron chi connectivity index (χ0n) is 16.3. The Morgan fingerprint density at radius 1 is 1.17 bits per heavy atom. The fourth-order valence-corrected chi connectivity index (χ4v) is 4.03. The second kappa shape index (κ2) is 9.22. The van der Waals surface area contributed by atoms with Crippen LogP contribution in [-0.2, 0) is 6.54 Å². The Bertz CT molecular complexity index is 1100. The van der Waals surface area contributed by atoms with Crippen LogP contribution in [0.1, 0.15) is 18.4 Å². The second-order valence-corrected chi connectivity index (χ2v) is 8.33. The van der Waals surface area contributed by atoms with Gasteiger partial charge in [-0.3, -0.25) is 0 Å². The number of hydrogen-bond donors (Lipinski definition) is 4. The summed E-state index contributed by atoms with van der Waals surface area (Å²) < 4.78 is 1.01. The first kappa shape index (κ1) is 20.9. The van der Waals surface area contributed by atoms with Gasteiger partial charge in [-0.15, -0.1) is 0 Å². The van der Waals surface area contributed by atoms with Crippen LogP contribution in [0.15, 0.2) is 41.2 Å². The van der Waals surface area contributed by atoms with Crippen molar-refractivity contribution < 1.29 is 4.79 Å². The van der Waals surface area contributed by atoms with Gasteiger partial charge in [0, 0.05) is 12.2 Å². The van der Waals surface area contributed by atoms with E-state index in [1.54, 1.807) is 0 Å². The number of fused-ring (bicyclic) bond motifs is 1. The third-order valence-corrected chi connectivity index (χ3v) is 6.02. The van der Waals surface area contributed by atoms with Crippen LogP contribution in [0.4, 0.5) is 10.5 Å². The van der Waals surface area contributed by atoms with Crippen LogP contribution in [-0.4, -0.2) is 35.2 Å². The van der Waals surface area contributed by atoms with E-state index in [0.717, 1.165) is 36.3 Å². The number of aromatic nitrogens is 2. The van der Waals surface area contributed by atoms with Crippen molar-refractivity contribution in [2.75, 3.05) is 25.0 Å². The number of nitrogens with one attached hydrogen (secondary N) is 4. The molecule has 0 spiro atoms. The molecule has 3 aromatic rings. The minimum absolute atomic E-state index is 0.269. The lowest BCUT2D eigenvalue weighted by atomic mass is 10.00. The number of imidazole rings is 1. The van der Waals surface area contributed by atoms with Gasteiger partial charge in [0.2, 0.25) is 0 Å². The molecule has 30 heavy (non-hydrogen) atoms. The van der Waals surface area contributed by atoms with E-state index in [1.807, 2.05) is 24.3 Å². The van der Waals surface area contributed by atoms with Crippen LogP contribution in [0.2, 0.25) is 10.0 Å². The van der Waals surface area contributed by atoms with E-state index in [9.17, 15) is 9.59 Å². The van der Waals surface area contributed by atoms with Gasteiger partial charge in [-0.25, -0.2) is 14.2 Å². The molecular weight excluding hydrogens is 425 g/mol. The average Bonchev–Trinajstić information content (AvgIpc) is 3.05. The van der Waals surface area contributed by atoms with Crippen LogP contribution in [0, 0.1) is 5.92 Å². The fourth-order valence-electron chi connectivity index (χ4n) is 3.71. The van der Waals surface area contributed by atoms with Gasteiger partial charge in [0.1, 0.15) is 0 Å². The minimum atomic E-state index is -0.569. The number of nitrogens with zero attached hydrogens (tertiary/aromatic N) is 1. The third-order valence-electron chi connectivity index (χ3n) is 5.29. The van der Waals surface area contributed by atoms with Gasteiger partial charge in [0.05, 0.1) is 21.1 Å². The number of H-pyrrole nitrogens is 1. The van der Waals surface area contributed by atoms with Gasteiger partial charge >= 0.3 is 11.7 Å². The van der Waals surface area contributed by atoms with Gasteiger partial charge in [-0.05, 0) is 68.2 Å². The van der Waals surface area contributed by atoms with Crippen molar-refractivity contribution in [1.82, 2.24) is 20.2 Å². The molecule has 2 aromatic carbocycles. The van der Waals surface area contributed by atoms with Crippen LogP contribution in [0.5, 0.6) is 0 Å². The molecule has 1 unspecified atom stereocenters. The third kappa shape index (κ3) is 4.70. The van der Waals surface area contributed by atoms with Crippen molar-refractivity contribution in [1.29, 1.82) is 0 Å². The molecule has 4 N–H and O–H groups in total. The summed E-state index contributed by atoms with van der Waals surface area (Å²) in [6, 6.07) is 10.00. The van der Waals surface area contributed by atoms with Crippen molar-refractivity contribution in [3.05, 3.63) is 62.5 Å². The number of benzene rings is 2. The molecule has 9 heteroatoms. The molecule has 0 aliphatic carbocycles. The van der Waals surface area contributed by atoms with Gasteiger partial charge < -0.3 is 20.9 Å². The molecule has 7 nitrogen and oxygen atoms in total. The fraction of sp³-hybridized carbons (Fsp3) is 0.333. The molecule has 1 saturated heterocycles. The largest absolute Gasteiger partial charge is 0.334 e. The molecule has 4 rings (SSSR count). The zero-order valence-corrected chi connectivity index (χ0v) is 17.8. The second-order valence-electron chi connectivity index (χ2n) is 7.52. The Hall–Kier alpha value is -2.32. The molecular formula is C21H23Cl2N5O2. The van der Waals surface area contributed by atoms with E-state index >= 15 is 0 Å². The van der Waals surface area contributed by atoms with Crippen LogP contribution >= 0.6 is 23.2 Å². The van der Waals surface area contributed by atoms with E-state index in [0.29, 0.717) is 27.7 Å².